The van der Waals surface area contributed by atoms with Gasteiger partial charge in [0.05, 0.1) is 28.0 Å². The molecule has 0 saturated heterocycles. The van der Waals surface area contributed by atoms with Crippen LogP contribution in [0.25, 0.3) is 0 Å². The normalized spacial score (nSPS) is 10.9. The summed E-state index contributed by atoms with van der Waals surface area (Å²) in [6, 6.07) is 4.19. The van der Waals surface area contributed by atoms with E-state index in [-0.39, 0.29) is 12.3 Å². The summed E-state index contributed by atoms with van der Waals surface area (Å²) >= 11 is 3.24. The molecule has 19 heavy (non-hydrogen) atoms. The van der Waals surface area contributed by atoms with Crippen LogP contribution in [0.5, 0.6) is 5.75 Å². The molecule has 0 fully saturated rings. The monoisotopic (exact) mass is 331 g/mol. The fourth-order valence-corrected chi connectivity index (χ4v) is 1.67. The number of methoxy groups -OCH3 is 1. The van der Waals surface area contributed by atoms with Gasteiger partial charge < -0.3 is 9.47 Å². The summed E-state index contributed by atoms with van der Waals surface area (Å²) in [6.45, 7) is 3.40. The number of benzene rings is 1. The third-order valence-corrected chi connectivity index (χ3v) is 3.11. The molecular formula is C12H14BrNO5. The lowest BCUT2D eigenvalue weighted by Crippen LogP contribution is -2.32. The summed E-state index contributed by atoms with van der Waals surface area (Å²) < 4.78 is 10.7. The van der Waals surface area contributed by atoms with Crippen molar-refractivity contribution in [1.29, 1.82) is 0 Å². The summed E-state index contributed by atoms with van der Waals surface area (Å²) in [6.07, 6.45) is 0. The van der Waals surface area contributed by atoms with Crippen molar-refractivity contribution in [2.75, 3.05) is 13.7 Å². The summed E-state index contributed by atoms with van der Waals surface area (Å²) in [5.41, 5.74) is -0.909. The van der Waals surface area contributed by atoms with E-state index in [0.29, 0.717) is 10.2 Å². The van der Waals surface area contributed by atoms with Crippen LogP contribution in [-0.2, 0) is 9.53 Å². The van der Waals surface area contributed by atoms with E-state index in [1.54, 1.807) is 13.8 Å². The van der Waals surface area contributed by atoms with Crippen molar-refractivity contribution in [2.24, 2.45) is 5.41 Å². The number of hydrogen-bond acceptors (Lipinski definition) is 5. The van der Waals surface area contributed by atoms with Crippen molar-refractivity contribution in [2.45, 2.75) is 13.8 Å². The summed E-state index contributed by atoms with van der Waals surface area (Å²) in [7, 11) is 1.30. The van der Waals surface area contributed by atoms with E-state index in [1.807, 2.05) is 0 Å². The van der Waals surface area contributed by atoms with Crippen LogP contribution in [0.1, 0.15) is 13.8 Å². The molecule has 7 heteroatoms. The highest BCUT2D eigenvalue weighted by Crippen LogP contribution is 2.30. The third kappa shape index (κ3) is 3.92. The highest BCUT2D eigenvalue weighted by Gasteiger charge is 2.30. The highest BCUT2D eigenvalue weighted by molar-refractivity contribution is 9.10. The predicted molar refractivity (Wildman–Crippen MR) is 72.1 cm³/mol. The zero-order valence-corrected chi connectivity index (χ0v) is 12.4. The van der Waals surface area contributed by atoms with Crippen LogP contribution in [-0.4, -0.2) is 24.6 Å². The van der Waals surface area contributed by atoms with Gasteiger partial charge in [-0.3, -0.25) is 14.9 Å². The molecule has 0 aromatic heterocycles. The van der Waals surface area contributed by atoms with Gasteiger partial charge in [-0.05, 0) is 35.8 Å². The van der Waals surface area contributed by atoms with E-state index >= 15 is 0 Å². The molecule has 1 aromatic carbocycles. The Morgan fingerprint density at radius 3 is 2.63 bits per heavy atom. The number of carbonyl (C=O) groups excluding carboxylic acids is 1. The minimum absolute atomic E-state index is 0.0550. The van der Waals surface area contributed by atoms with Gasteiger partial charge in [-0.2, -0.15) is 0 Å². The van der Waals surface area contributed by atoms with Gasteiger partial charge in [0.25, 0.3) is 5.69 Å². The average molecular weight is 332 g/mol. The first-order valence-corrected chi connectivity index (χ1v) is 6.22. The van der Waals surface area contributed by atoms with Crippen LogP contribution in [0.15, 0.2) is 22.7 Å². The van der Waals surface area contributed by atoms with Gasteiger partial charge in [0.15, 0.2) is 0 Å². The zero-order chi connectivity index (χ0) is 14.6. The Bertz CT molecular complexity index is 501. The Kier molecular flexibility index (Phi) is 4.88. The topological polar surface area (TPSA) is 78.7 Å². The number of nitro groups is 1. The Morgan fingerprint density at radius 2 is 2.11 bits per heavy atom. The highest BCUT2D eigenvalue weighted by atomic mass is 79.9. The van der Waals surface area contributed by atoms with E-state index in [4.69, 9.17) is 4.74 Å². The standard InChI is InChI=1S/C12H14BrNO5/c1-12(2,11(15)18-3)7-19-10-6-8(14(16)17)4-5-9(10)13/h4-6H,7H2,1-3H3. The number of ether oxygens (including phenoxy) is 2. The Labute approximate surface area is 119 Å². The van der Waals surface area contributed by atoms with Crippen molar-refractivity contribution in [3.05, 3.63) is 32.8 Å². The van der Waals surface area contributed by atoms with E-state index in [1.165, 1.54) is 25.3 Å². The molecule has 0 atom stereocenters. The Hall–Kier alpha value is -1.63. The number of hydrogen-bond donors (Lipinski definition) is 0. The molecule has 104 valence electrons. The number of halogens is 1. The fourth-order valence-electron chi connectivity index (χ4n) is 1.31. The van der Waals surface area contributed by atoms with Crippen LogP contribution in [0.4, 0.5) is 5.69 Å². The molecule has 6 nitrogen and oxygen atoms in total. The van der Waals surface area contributed by atoms with Crippen LogP contribution < -0.4 is 4.74 Å². The fraction of sp³-hybridized carbons (Fsp3) is 0.417. The second-order valence-electron chi connectivity index (χ2n) is 4.54. The first-order valence-electron chi connectivity index (χ1n) is 5.43. The van der Waals surface area contributed by atoms with Crippen LogP contribution in [0.3, 0.4) is 0 Å². The number of carbonyl (C=O) groups is 1. The van der Waals surface area contributed by atoms with Gasteiger partial charge in [-0.15, -0.1) is 0 Å². The lowest BCUT2D eigenvalue weighted by Gasteiger charge is -2.21. The van der Waals surface area contributed by atoms with Gasteiger partial charge in [-0.25, -0.2) is 0 Å². The number of non-ortho nitro benzene ring substituents is 1. The summed E-state index contributed by atoms with van der Waals surface area (Å²) in [5, 5.41) is 10.7. The molecule has 1 aromatic rings. The molecule has 0 amide bonds. The first-order chi connectivity index (χ1) is 8.77. The van der Waals surface area contributed by atoms with E-state index in [0.717, 1.165) is 0 Å². The maximum atomic E-state index is 11.5. The smallest absolute Gasteiger partial charge is 0.314 e. The zero-order valence-electron chi connectivity index (χ0n) is 10.8. The maximum absolute atomic E-state index is 11.5. The first kappa shape index (κ1) is 15.4. The van der Waals surface area contributed by atoms with Gasteiger partial charge in [0, 0.05) is 6.07 Å². The van der Waals surface area contributed by atoms with Gasteiger partial charge >= 0.3 is 5.97 Å². The quantitative estimate of drug-likeness (QED) is 0.471. The van der Waals surface area contributed by atoms with Crippen molar-refractivity contribution < 1.29 is 19.2 Å². The second-order valence-corrected chi connectivity index (χ2v) is 5.39. The van der Waals surface area contributed by atoms with E-state index in [2.05, 4.69) is 20.7 Å². The van der Waals surface area contributed by atoms with Crippen molar-refractivity contribution in [3.63, 3.8) is 0 Å². The largest absolute Gasteiger partial charge is 0.491 e. The molecule has 0 bridgehead atoms. The van der Waals surface area contributed by atoms with Crippen molar-refractivity contribution in [1.82, 2.24) is 0 Å². The number of esters is 1. The SMILES string of the molecule is COC(=O)C(C)(C)COc1cc([N+](=O)[O-])ccc1Br. The van der Waals surface area contributed by atoms with Crippen molar-refractivity contribution >= 4 is 27.6 Å². The van der Waals surface area contributed by atoms with E-state index in [9.17, 15) is 14.9 Å². The molecule has 0 aliphatic carbocycles. The molecule has 0 aliphatic rings. The number of nitro benzene ring substituents is 1. The predicted octanol–water partition coefficient (Wildman–Crippen LogP) is 2.94. The summed E-state index contributed by atoms with van der Waals surface area (Å²) in [5.74, 6) is -0.0970. The minimum atomic E-state index is -0.835. The maximum Gasteiger partial charge on any atom is 0.314 e. The van der Waals surface area contributed by atoms with Gasteiger partial charge in [0.1, 0.15) is 12.4 Å². The molecule has 1 rings (SSSR count). The van der Waals surface area contributed by atoms with Crippen LogP contribution >= 0.6 is 15.9 Å². The molecule has 0 heterocycles. The second kappa shape index (κ2) is 6.01. The molecule has 0 N–H and O–H groups in total. The lowest BCUT2D eigenvalue weighted by molar-refractivity contribution is -0.385. The number of rotatable bonds is 5. The Balaban J connectivity index is 2.85. The number of nitrogens with zero attached hydrogens (tertiary/aromatic N) is 1. The molecule has 0 unspecified atom stereocenters. The molecule has 0 radical (unpaired) electrons. The summed E-state index contributed by atoms with van der Waals surface area (Å²) in [4.78, 5) is 21.7. The van der Waals surface area contributed by atoms with Gasteiger partial charge in [-0.1, -0.05) is 0 Å². The Morgan fingerprint density at radius 1 is 1.47 bits per heavy atom. The molecule has 0 aliphatic heterocycles. The average Bonchev–Trinajstić information content (AvgIpc) is 2.36. The molecular weight excluding hydrogens is 318 g/mol. The van der Waals surface area contributed by atoms with Gasteiger partial charge in [0.2, 0.25) is 0 Å². The van der Waals surface area contributed by atoms with Crippen LogP contribution in [0.2, 0.25) is 0 Å². The molecule has 0 spiro atoms. The lowest BCUT2D eigenvalue weighted by atomic mass is 9.95. The third-order valence-electron chi connectivity index (χ3n) is 2.45. The minimum Gasteiger partial charge on any atom is -0.491 e. The molecule has 0 saturated carbocycles. The van der Waals surface area contributed by atoms with E-state index < -0.39 is 16.3 Å². The van der Waals surface area contributed by atoms with Crippen LogP contribution in [0, 0.1) is 15.5 Å². The van der Waals surface area contributed by atoms with Crippen molar-refractivity contribution in [3.8, 4) is 5.75 Å².